The van der Waals surface area contributed by atoms with Gasteiger partial charge in [0.2, 0.25) is 10.0 Å². The zero-order valence-electron chi connectivity index (χ0n) is 23.6. The molecule has 1 fully saturated rings. The van der Waals surface area contributed by atoms with Crippen molar-refractivity contribution in [2.24, 2.45) is 0 Å². The first-order valence-electron chi connectivity index (χ1n) is 13.4. The molecule has 0 bridgehead atoms. The number of carbonyl (C=O) groups excluding carboxylic acids is 2. The van der Waals surface area contributed by atoms with Gasteiger partial charge < -0.3 is 20.3 Å². The number of aromatic amines is 1. The van der Waals surface area contributed by atoms with Crippen molar-refractivity contribution in [3.63, 3.8) is 0 Å². The van der Waals surface area contributed by atoms with Crippen LogP contribution < -0.4 is 15.5 Å². The molecule has 0 spiro atoms. The van der Waals surface area contributed by atoms with Crippen LogP contribution in [0.15, 0.2) is 41.3 Å². The molecular weight excluding hydrogens is 570 g/mol. The summed E-state index contributed by atoms with van der Waals surface area (Å²) in [4.78, 5) is 27.7. The molecule has 11 nitrogen and oxygen atoms in total. The van der Waals surface area contributed by atoms with Crippen molar-refractivity contribution in [1.29, 1.82) is 0 Å². The first-order chi connectivity index (χ1) is 19.8. The number of halogens is 2. The molecule has 0 unspecified atom stereocenters. The summed E-state index contributed by atoms with van der Waals surface area (Å²) in [5.74, 6) is -2.86. The SMILES string of the molecule is CN(C)c1ccc(C(=O)Nc2n[nH]c3c2CN(S(=O)(=O)c2cc(F)cc(F)c2)CC3(C)C)c(NC(=O)[C@@H]2CCCO2)c1. The number of aromatic nitrogens is 2. The second-order valence-electron chi connectivity index (χ2n) is 11.3. The van der Waals surface area contributed by atoms with Crippen LogP contribution in [-0.4, -0.2) is 68.1 Å². The minimum absolute atomic E-state index is 0.00145. The van der Waals surface area contributed by atoms with Crippen LogP contribution in [0.3, 0.4) is 0 Å². The summed E-state index contributed by atoms with van der Waals surface area (Å²) >= 11 is 0. The Balaban J connectivity index is 1.45. The predicted octanol–water partition coefficient (Wildman–Crippen LogP) is 3.61. The van der Waals surface area contributed by atoms with E-state index in [1.165, 1.54) is 0 Å². The van der Waals surface area contributed by atoms with E-state index in [-0.39, 0.29) is 36.1 Å². The first-order valence-corrected chi connectivity index (χ1v) is 14.8. The molecule has 5 rings (SSSR count). The highest BCUT2D eigenvalue weighted by atomic mass is 32.2. The number of H-pyrrole nitrogens is 1. The topological polar surface area (TPSA) is 137 Å². The number of nitrogens with zero attached hydrogens (tertiary/aromatic N) is 3. The van der Waals surface area contributed by atoms with Crippen LogP contribution in [0.2, 0.25) is 0 Å². The van der Waals surface area contributed by atoms with E-state index in [1.807, 2.05) is 19.0 Å². The van der Waals surface area contributed by atoms with Crippen LogP contribution in [0, 0.1) is 11.6 Å². The largest absolute Gasteiger partial charge is 0.378 e. The van der Waals surface area contributed by atoms with Crippen LogP contribution in [-0.2, 0) is 31.5 Å². The standard InChI is InChI=1S/C28H32F2N6O5S/c1-28(2)15-36(42(39,40)19-11-16(29)10-17(30)12-19)14-21-24(28)33-34-25(21)32-26(37)20-8-7-18(35(3)4)13-22(20)31-27(38)23-6-5-9-41-23/h7-8,10-13,23H,5-6,9,14-15H2,1-4H3,(H,31,38)(H2,32,33,34,37)/t23-/m0/s1. The minimum atomic E-state index is -4.30. The molecule has 14 heteroatoms. The number of amides is 2. The van der Waals surface area contributed by atoms with Gasteiger partial charge in [0, 0.05) is 62.2 Å². The number of carbonyl (C=O) groups is 2. The molecule has 224 valence electrons. The van der Waals surface area contributed by atoms with Gasteiger partial charge in [-0.2, -0.15) is 9.40 Å². The van der Waals surface area contributed by atoms with Crippen molar-refractivity contribution < 1.29 is 31.5 Å². The highest BCUT2D eigenvalue weighted by molar-refractivity contribution is 7.89. The Kier molecular flexibility index (Phi) is 7.81. The molecule has 2 amide bonds. The van der Waals surface area contributed by atoms with Gasteiger partial charge in [0.1, 0.15) is 17.7 Å². The number of fused-ring (bicyclic) bond motifs is 1. The summed E-state index contributed by atoms with van der Waals surface area (Å²) in [7, 11) is -0.643. The molecule has 3 aromatic rings. The fourth-order valence-electron chi connectivity index (χ4n) is 5.22. The van der Waals surface area contributed by atoms with E-state index in [2.05, 4.69) is 20.8 Å². The Hall–Kier alpha value is -3.88. The van der Waals surface area contributed by atoms with Gasteiger partial charge in [0.05, 0.1) is 16.1 Å². The lowest BCUT2D eigenvalue weighted by molar-refractivity contribution is -0.124. The monoisotopic (exact) mass is 602 g/mol. The van der Waals surface area contributed by atoms with Crippen molar-refractivity contribution in [3.8, 4) is 0 Å². The second-order valence-corrected chi connectivity index (χ2v) is 13.2. The average Bonchev–Trinajstić information content (AvgIpc) is 3.59. The zero-order valence-corrected chi connectivity index (χ0v) is 24.4. The third-order valence-corrected chi connectivity index (χ3v) is 9.17. The number of hydrogen-bond acceptors (Lipinski definition) is 7. The smallest absolute Gasteiger partial charge is 0.258 e. The van der Waals surface area contributed by atoms with Gasteiger partial charge in [-0.1, -0.05) is 13.8 Å². The van der Waals surface area contributed by atoms with Gasteiger partial charge in [-0.25, -0.2) is 17.2 Å². The van der Waals surface area contributed by atoms with E-state index in [4.69, 9.17) is 4.74 Å². The highest BCUT2D eigenvalue weighted by Crippen LogP contribution is 2.38. The van der Waals surface area contributed by atoms with E-state index in [0.29, 0.717) is 30.4 Å². The Labute approximate surface area is 242 Å². The number of benzene rings is 2. The second kappa shape index (κ2) is 11.1. The molecular formula is C28H32F2N6O5S. The number of ether oxygens (including phenoxy) is 1. The van der Waals surface area contributed by atoms with Gasteiger partial charge in [-0.05, 0) is 43.2 Å². The van der Waals surface area contributed by atoms with Crippen LogP contribution in [0.5, 0.6) is 0 Å². The lowest BCUT2D eigenvalue weighted by atomic mass is 9.84. The fourth-order valence-corrected chi connectivity index (χ4v) is 6.83. The van der Waals surface area contributed by atoms with Gasteiger partial charge in [0.25, 0.3) is 11.8 Å². The quantitative estimate of drug-likeness (QED) is 0.376. The van der Waals surface area contributed by atoms with Crippen molar-refractivity contribution in [2.75, 3.05) is 42.8 Å². The third kappa shape index (κ3) is 5.74. The lowest BCUT2D eigenvalue weighted by Gasteiger charge is -2.36. The molecule has 2 aromatic carbocycles. The van der Waals surface area contributed by atoms with Crippen LogP contribution >= 0.6 is 0 Å². The Morgan fingerprint density at radius 1 is 1.12 bits per heavy atom. The Morgan fingerprint density at radius 2 is 1.83 bits per heavy atom. The molecule has 0 aliphatic carbocycles. The molecule has 1 atom stereocenters. The van der Waals surface area contributed by atoms with E-state index in [0.717, 1.165) is 28.5 Å². The van der Waals surface area contributed by atoms with E-state index >= 15 is 0 Å². The van der Waals surface area contributed by atoms with Crippen molar-refractivity contribution >= 4 is 39.0 Å². The summed E-state index contributed by atoms with van der Waals surface area (Å²) in [6.45, 7) is 3.88. The Bertz CT molecular complexity index is 1630. The van der Waals surface area contributed by atoms with E-state index in [1.54, 1.807) is 32.0 Å². The number of nitrogens with one attached hydrogen (secondary N) is 3. The lowest BCUT2D eigenvalue weighted by Crippen LogP contribution is -2.45. The van der Waals surface area contributed by atoms with Crippen LogP contribution in [0.4, 0.5) is 26.0 Å². The van der Waals surface area contributed by atoms with Crippen molar-refractivity contribution in [3.05, 3.63) is 64.9 Å². The number of rotatable bonds is 7. The summed E-state index contributed by atoms with van der Waals surface area (Å²) in [6.07, 6.45) is 0.742. The number of sulfonamides is 1. The first kappa shape index (κ1) is 29.6. The van der Waals surface area contributed by atoms with E-state index < -0.39 is 44.0 Å². The number of hydrogen-bond donors (Lipinski definition) is 3. The molecule has 1 aromatic heterocycles. The maximum Gasteiger partial charge on any atom is 0.258 e. The molecule has 42 heavy (non-hydrogen) atoms. The van der Waals surface area contributed by atoms with Crippen LogP contribution in [0.25, 0.3) is 0 Å². The zero-order chi connectivity index (χ0) is 30.4. The molecule has 2 aliphatic heterocycles. The highest BCUT2D eigenvalue weighted by Gasteiger charge is 2.41. The summed E-state index contributed by atoms with van der Waals surface area (Å²) < 4.78 is 61.2. The fraction of sp³-hybridized carbons (Fsp3) is 0.393. The maximum atomic E-state index is 13.9. The normalized spacial score (nSPS) is 18.4. The van der Waals surface area contributed by atoms with E-state index in [9.17, 15) is 26.8 Å². The molecule has 2 aliphatic rings. The third-order valence-electron chi connectivity index (χ3n) is 7.40. The molecule has 3 heterocycles. The maximum absolute atomic E-state index is 13.9. The average molecular weight is 603 g/mol. The minimum Gasteiger partial charge on any atom is -0.378 e. The van der Waals surface area contributed by atoms with Gasteiger partial charge in [-0.15, -0.1) is 0 Å². The van der Waals surface area contributed by atoms with Gasteiger partial charge >= 0.3 is 0 Å². The number of anilines is 3. The molecule has 3 N–H and O–H groups in total. The van der Waals surface area contributed by atoms with Crippen LogP contribution in [0.1, 0.15) is 48.3 Å². The summed E-state index contributed by atoms with van der Waals surface area (Å²) in [6, 6.07) is 7.12. The van der Waals surface area contributed by atoms with Gasteiger partial charge in [0.15, 0.2) is 5.82 Å². The molecule has 1 saturated heterocycles. The molecule has 0 radical (unpaired) electrons. The van der Waals surface area contributed by atoms with Gasteiger partial charge in [-0.3, -0.25) is 14.7 Å². The predicted molar refractivity (Wildman–Crippen MR) is 152 cm³/mol. The summed E-state index contributed by atoms with van der Waals surface area (Å²) in [5, 5.41) is 12.7. The summed E-state index contributed by atoms with van der Waals surface area (Å²) in [5.41, 5.74) is 1.44. The Morgan fingerprint density at radius 3 is 2.48 bits per heavy atom. The van der Waals surface area contributed by atoms with Crippen molar-refractivity contribution in [2.45, 2.75) is 49.6 Å². The molecule has 0 saturated carbocycles. The van der Waals surface area contributed by atoms with Crippen molar-refractivity contribution in [1.82, 2.24) is 14.5 Å².